The number of ether oxygens (including phenoxy) is 3. The molecule has 0 saturated heterocycles. The smallest absolute Gasteiger partial charge is 0.265 e. The number of para-hydroxylation sites is 2. The summed E-state index contributed by atoms with van der Waals surface area (Å²) >= 11 is 1.32. The first-order valence-electron chi connectivity index (χ1n) is 10.9. The summed E-state index contributed by atoms with van der Waals surface area (Å²) in [5, 5.41) is 10.1. The van der Waals surface area contributed by atoms with Crippen molar-refractivity contribution in [3.63, 3.8) is 0 Å². The molecule has 1 heterocycles. The molecule has 0 aliphatic carbocycles. The first-order valence-corrected chi connectivity index (χ1v) is 11.8. The largest absolute Gasteiger partial charge is 0.494 e. The maximum Gasteiger partial charge on any atom is 0.265 e. The van der Waals surface area contributed by atoms with Crippen LogP contribution < -0.4 is 30.2 Å². The number of nitrogens with one attached hydrogen (secondary N) is 3. The molecule has 0 radical (unpaired) electrons. The number of thiophene rings is 1. The van der Waals surface area contributed by atoms with Crippen LogP contribution in [0.5, 0.6) is 17.2 Å². The molecule has 3 N–H and O–H groups in total. The minimum atomic E-state index is -0.381. The fourth-order valence-electron chi connectivity index (χ4n) is 3.19. The van der Waals surface area contributed by atoms with Crippen molar-refractivity contribution in [2.24, 2.45) is 0 Å². The van der Waals surface area contributed by atoms with Gasteiger partial charge in [-0.15, -0.1) is 11.3 Å². The van der Waals surface area contributed by atoms with Crippen LogP contribution in [0.3, 0.4) is 0 Å². The molecule has 3 amide bonds. The fourth-order valence-corrected chi connectivity index (χ4v) is 3.81. The van der Waals surface area contributed by atoms with E-state index >= 15 is 0 Å². The maximum absolute atomic E-state index is 12.5. The van der Waals surface area contributed by atoms with Gasteiger partial charge in [0, 0.05) is 25.0 Å². The van der Waals surface area contributed by atoms with E-state index in [9.17, 15) is 14.4 Å². The molecular formula is C25H27N3O6S. The minimum absolute atomic E-state index is 0.0271. The average molecular weight is 498 g/mol. The monoisotopic (exact) mass is 497 g/mol. The molecule has 0 fully saturated rings. The van der Waals surface area contributed by atoms with Crippen molar-refractivity contribution in [1.82, 2.24) is 0 Å². The summed E-state index contributed by atoms with van der Waals surface area (Å²) in [5.41, 5.74) is 1.30. The Morgan fingerprint density at radius 1 is 0.771 bits per heavy atom. The Kier molecular flexibility index (Phi) is 9.08. The average Bonchev–Trinajstić information content (AvgIpc) is 3.40. The summed E-state index contributed by atoms with van der Waals surface area (Å²) in [7, 11) is 2.91. The van der Waals surface area contributed by atoms with Gasteiger partial charge in [0.1, 0.15) is 17.2 Å². The van der Waals surface area contributed by atoms with Gasteiger partial charge in [0.05, 0.1) is 42.8 Å². The molecule has 0 atom stereocenters. The second-order valence-corrected chi connectivity index (χ2v) is 8.16. The molecule has 9 nitrogen and oxygen atoms in total. The van der Waals surface area contributed by atoms with E-state index in [0.717, 1.165) is 0 Å². The Morgan fingerprint density at radius 2 is 1.37 bits per heavy atom. The van der Waals surface area contributed by atoms with Gasteiger partial charge in [-0.2, -0.15) is 0 Å². The van der Waals surface area contributed by atoms with E-state index < -0.39 is 0 Å². The number of amides is 3. The quantitative estimate of drug-likeness (QED) is 0.351. The molecule has 0 aliphatic rings. The Balaban J connectivity index is 1.63. The molecule has 0 bridgehead atoms. The topological polar surface area (TPSA) is 115 Å². The Morgan fingerprint density at radius 3 is 1.94 bits per heavy atom. The number of carbonyl (C=O) groups is 3. The van der Waals surface area contributed by atoms with Crippen molar-refractivity contribution in [3.05, 3.63) is 58.8 Å². The normalized spacial score (nSPS) is 10.3. The Hall–Kier alpha value is -4.05. The van der Waals surface area contributed by atoms with Crippen LogP contribution in [0.2, 0.25) is 0 Å². The van der Waals surface area contributed by atoms with Gasteiger partial charge in [-0.25, -0.2) is 0 Å². The van der Waals surface area contributed by atoms with Crippen molar-refractivity contribution in [1.29, 1.82) is 0 Å². The molecule has 0 aliphatic heterocycles. The molecule has 0 unspecified atom stereocenters. The van der Waals surface area contributed by atoms with Gasteiger partial charge in [-0.05, 0) is 30.5 Å². The zero-order chi connectivity index (χ0) is 25.2. The number of anilines is 3. The molecule has 2 aromatic carbocycles. The zero-order valence-corrected chi connectivity index (χ0v) is 20.5. The van der Waals surface area contributed by atoms with Crippen molar-refractivity contribution in [3.8, 4) is 17.2 Å². The van der Waals surface area contributed by atoms with Crippen molar-refractivity contribution < 1.29 is 28.6 Å². The molecule has 0 saturated carbocycles. The van der Waals surface area contributed by atoms with E-state index in [4.69, 9.17) is 14.2 Å². The molecule has 3 aromatic rings. The maximum atomic E-state index is 12.5. The van der Waals surface area contributed by atoms with E-state index in [1.807, 2.05) is 18.4 Å². The van der Waals surface area contributed by atoms with E-state index in [2.05, 4.69) is 16.0 Å². The predicted molar refractivity (Wildman–Crippen MR) is 136 cm³/mol. The van der Waals surface area contributed by atoms with E-state index in [0.29, 0.717) is 45.8 Å². The lowest BCUT2D eigenvalue weighted by Gasteiger charge is -2.16. The van der Waals surface area contributed by atoms with Crippen LogP contribution in [0.4, 0.5) is 17.1 Å². The predicted octanol–water partition coefficient (Wildman–Crippen LogP) is 4.77. The number of rotatable bonds is 11. The first kappa shape index (κ1) is 25.6. The highest BCUT2D eigenvalue weighted by molar-refractivity contribution is 7.12. The van der Waals surface area contributed by atoms with Gasteiger partial charge in [-0.3, -0.25) is 14.4 Å². The zero-order valence-electron chi connectivity index (χ0n) is 19.7. The second-order valence-electron chi connectivity index (χ2n) is 7.21. The number of methoxy groups -OCH3 is 2. The lowest BCUT2D eigenvalue weighted by Crippen LogP contribution is -2.18. The summed E-state index contributed by atoms with van der Waals surface area (Å²) < 4.78 is 16.3. The van der Waals surface area contributed by atoms with Gasteiger partial charge >= 0.3 is 0 Å². The summed E-state index contributed by atoms with van der Waals surface area (Å²) in [6.45, 7) is 2.33. The van der Waals surface area contributed by atoms with Crippen LogP contribution in [-0.2, 0) is 9.59 Å². The molecule has 0 spiro atoms. The number of carbonyl (C=O) groups excluding carboxylic acids is 3. The van der Waals surface area contributed by atoms with Crippen molar-refractivity contribution >= 4 is 46.1 Å². The van der Waals surface area contributed by atoms with Gasteiger partial charge in [0.25, 0.3) is 5.91 Å². The van der Waals surface area contributed by atoms with Gasteiger partial charge < -0.3 is 30.2 Å². The SMILES string of the molecule is CCOc1ccccc1NC(=O)CCC(=O)Nc1cc(OC)c(NC(=O)c2cccs2)cc1OC. The third kappa shape index (κ3) is 6.97. The molecular weight excluding hydrogens is 470 g/mol. The van der Waals surface area contributed by atoms with Gasteiger partial charge in [-0.1, -0.05) is 18.2 Å². The molecule has 3 rings (SSSR count). The number of benzene rings is 2. The minimum Gasteiger partial charge on any atom is -0.494 e. The lowest BCUT2D eigenvalue weighted by atomic mass is 10.2. The highest BCUT2D eigenvalue weighted by Gasteiger charge is 2.17. The third-order valence-electron chi connectivity index (χ3n) is 4.83. The van der Waals surface area contributed by atoms with Crippen LogP contribution in [0.1, 0.15) is 29.4 Å². The van der Waals surface area contributed by atoms with Crippen LogP contribution in [0, 0.1) is 0 Å². The molecule has 184 valence electrons. The van der Waals surface area contributed by atoms with Crippen molar-refractivity contribution in [2.45, 2.75) is 19.8 Å². The summed E-state index contributed by atoms with van der Waals surface area (Å²) in [6, 6.07) is 13.7. The van der Waals surface area contributed by atoms with E-state index in [-0.39, 0.29) is 30.6 Å². The fraction of sp³-hybridized carbons (Fsp3) is 0.240. The summed E-state index contributed by atoms with van der Waals surface area (Å²) in [4.78, 5) is 37.9. The van der Waals surface area contributed by atoms with E-state index in [1.165, 1.54) is 25.6 Å². The van der Waals surface area contributed by atoms with Crippen molar-refractivity contribution in [2.75, 3.05) is 36.8 Å². The lowest BCUT2D eigenvalue weighted by molar-refractivity contribution is -0.121. The highest BCUT2D eigenvalue weighted by atomic mass is 32.1. The molecule has 10 heteroatoms. The molecule has 1 aromatic heterocycles. The van der Waals surface area contributed by atoms with Crippen LogP contribution in [0.25, 0.3) is 0 Å². The first-order chi connectivity index (χ1) is 16.9. The standard InChI is InChI=1S/C25H27N3O6S/c1-4-34-19-9-6-5-8-16(19)26-23(29)11-12-24(30)27-17-14-21(33-3)18(15-20(17)32-2)28-25(31)22-10-7-13-35-22/h5-10,13-15H,4,11-12H2,1-3H3,(H,26,29)(H,27,30)(H,28,31). The van der Waals surface area contributed by atoms with Gasteiger partial charge in [0.2, 0.25) is 11.8 Å². The van der Waals surface area contributed by atoms with Crippen LogP contribution in [0.15, 0.2) is 53.9 Å². The van der Waals surface area contributed by atoms with Gasteiger partial charge in [0.15, 0.2) is 0 Å². The summed E-state index contributed by atoms with van der Waals surface area (Å²) in [6.07, 6.45) is -0.0777. The third-order valence-corrected chi connectivity index (χ3v) is 5.70. The van der Waals surface area contributed by atoms with Crippen LogP contribution in [-0.4, -0.2) is 38.5 Å². The number of hydrogen-bond donors (Lipinski definition) is 3. The second kappa shape index (κ2) is 12.4. The van der Waals surface area contributed by atoms with Crippen LogP contribution >= 0.6 is 11.3 Å². The Bertz CT molecular complexity index is 1180. The van der Waals surface area contributed by atoms with E-state index in [1.54, 1.807) is 42.5 Å². The molecule has 35 heavy (non-hydrogen) atoms. The highest BCUT2D eigenvalue weighted by Crippen LogP contribution is 2.37. The number of hydrogen-bond acceptors (Lipinski definition) is 7. The Labute approximate surface area is 207 Å². The summed E-state index contributed by atoms with van der Waals surface area (Å²) in [5.74, 6) is 0.259.